The number of benzene rings is 2. The summed E-state index contributed by atoms with van der Waals surface area (Å²) >= 11 is 0. The van der Waals surface area contributed by atoms with Gasteiger partial charge in [0.05, 0.1) is 19.1 Å². The molecule has 1 amide bonds. The first-order valence-electron chi connectivity index (χ1n) is 9.31. The molecule has 1 N–H and O–H groups in total. The van der Waals surface area contributed by atoms with Crippen molar-refractivity contribution < 1.29 is 14.3 Å². The van der Waals surface area contributed by atoms with Crippen LogP contribution in [-0.2, 0) is 23.1 Å². The van der Waals surface area contributed by atoms with Crippen molar-refractivity contribution in [3.8, 4) is 11.5 Å². The summed E-state index contributed by atoms with van der Waals surface area (Å²) in [5.74, 6) is 1.91. The van der Waals surface area contributed by atoms with Crippen LogP contribution < -0.4 is 14.8 Å². The molecule has 26 heavy (non-hydrogen) atoms. The molecule has 2 aliphatic rings. The van der Waals surface area contributed by atoms with Gasteiger partial charge in [0, 0.05) is 18.0 Å². The van der Waals surface area contributed by atoms with Gasteiger partial charge in [0.25, 0.3) is 0 Å². The molecule has 4 nitrogen and oxygen atoms in total. The third-order valence-corrected chi connectivity index (χ3v) is 5.48. The summed E-state index contributed by atoms with van der Waals surface area (Å²) in [7, 11) is 1.66. The van der Waals surface area contributed by atoms with E-state index in [4.69, 9.17) is 9.47 Å². The van der Waals surface area contributed by atoms with E-state index in [0.29, 0.717) is 0 Å². The molecular formula is C22H25NO3. The van der Waals surface area contributed by atoms with Crippen LogP contribution >= 0.6 is 0 Å². The number of para-hydroxylation sites is 1. The lowest BCUT2D eigenvalue weighted by Gasteiger charge is -2.22. The lowest BCUT2D eigenvalue weighted by atomic mass is 9.93. The van der Waals surface area contributed by atoms with Crippen molar-refractivity contribution in [2.75, 3.05) is 13.7 Å². The molecule has 2 aromatic rings. The monoisotopic (exact) mass is 351 g/mol. The molecule has 2 aromatic carbocycles. The Bertz CT molecular complexity index is 826. The summed E-state index contributed by atoms with van der Waals surface area (Å²) in [4.78, 5) is 13.0. The number of ether oxygens (including phenoxy) is 2. The zero-order valence-corrected chi connectivity index (χ0v) is 15.4. The Hall–Kier alpha value is -2.49. The van der Waals surface area contributed by atoms with Crippen molar-refractivity contribution >= 4 is 5.91 Å². The topological polar surface area (TPSA) is 47.6 Å². The van der Waals surface area contributed by atoms with Crippen molar-refractivity contribution in [2.45, 2.75) is 44.1 Å². The van der Waals surface area contributed by atoms with Gasteiger partial charge < -0.3 is 14.8 Å². The second-order valence-electron chi connectivity index (χ2n) is 7.40. The largest absolute Gasteiger partial charge is 0.496 e. The lowest BCUT2D eigenvalue weighted by Crippen LogP contribution is -2.41. The zero-order valence-electron chi connectivity index (χ0n) is 15.4. The third kappa shape index (κ3) is 3.05. The number of carbonyl (C=O) groups excluding carboxylic acids is 1. The number of rotatable bonds is 6. The van der Waals surface area contributed by atoms with Crippen molar-refractivity contribution in [2.24, 2.45) is 0 Å². The highest BCUT2D eigenvalue weighted by molar-refractivity contribution is 5.92. The van der Waals surface area contributed by atoms with Crippen LogP contribution in [0.25, 0.3) is 0 Å². The van der Waals surface area contributed by atoms with E-state index in [0.717, 1.165) is 49.4 Å². The van der Waals surface area contributed by atoms with Crippen LogP contribution in [0.2, 0.25) is 0 Å². The van der Waals surface area contributed by atoms with Crippen LogP contribution in [0, 0.1) is 0 Å². The normalized spacial score (nSPS) is 17.8. The average Bonchev–Trinajstić information content (AvgIpc) is 3.33. The highest BCUT2D eigenvalue weighted by Gasteiger charge is 2.52. The van der Waals surface area contributed by atoms with Gasteiger partial charge in [-0.25, -0.2) is 0 Å². The Morgan fingerprint density at radius 3 is 2.85 bits per heavy atom. The standard InChI is InChI=1S/C22H25NO3/c1-15(13-16-7-8-19-17(14-16)9-12-26-19)23-21(24)22(10-11-22)18-5-3-4-6-20(18)25-2/h3-8,14-15H,9-13H2,1-2H3,(H,23,24)/t15-/m0/s1. The van der Waals surface area contributed by atoms with Crippen molar-refractivity contribution in [3.05, 3.63) is 59.2 Å². The molecule has 0 bridgehead atoms. The van der Waals surface area contributed by atoms with Crippen molar-refractivity contribution in [1.29, 1.82) is 0 Å². The summed E-state index contributed by atoms with van der Waals surface area (Å²) in [6.07, 6.45) is 3.55. The molecule has 0 unspecified atom stereocenters. The fraction of sp³-hybridized carbons (Fsp3) is 0.409. The van der Waals surface area contributed by atoms with Crippen LogP contribution in [0.15, 0.2) is 42.5 Å². The predicted molar refractivity (Wildman–Crippen MR) is 101 cm³/mol. The van der Waals surface area contributed by atoms with Crippen LogP contribution in [0.5, 0.6) is 11.5 Å². The van der Waals surface area contributed by atoms with Gasteiger partial charge in [-0.2, -0.15) is 0 Å². The van der Waals surface area contributed by atoms with Gasteiger partial charge in [-0.1, -0.05) is 30.3 Å². The van der Waals surface area contributed by atoms with Gasteiger partial charge in [-0.3, -0.25) is 4.79 Å². The number of nitrogens with one attached hydrogen (secondary N) is 1. The Morgan fingerprint density at radius 2 is 2.08 bits per heavy atom. The van der Waals surface area contributed by atoms with Crippen LogP contribution in [0.4, 0.5) is 0 Å². The second kappa shape index (κ2) is 6.67. The van der Waals surface area contributed by atoms with E-state index >= 15 is 0 Å². The average molecular weight is 351 g/mol. The van der Waals surface area contributed by atoms with E-state index in [1.54, 1.807) is 7.11 Å². The maximum absolute atomic E-state index is 13.0. The molecule has 1 aliphatic heterocycles. The fourth-order valence-electron chi connectivity index (χ4n) is 3.92. The number of carbonyl (C=O) groups is 1. The Morgan fingerprint density at radius 1 is 1.27 bits per heavy atom. The first-order chi connectivity index (χ1) is 12.6. The molecule has 4 rings (SSSR count). The maximum atomic E-state index is 13.0. The maximum Gasteiger partial charge on any atom is 0.231 e. The highest BCUT2D eigenvalue weighted by atomic mass is 16.5. The summed E-state index contributed by atoms with van der Waals surface area (Å²) in [6, 6.07) is 14.3. The molecule has 0 saturated heterocycles. The van der Waals surface area contributed by atoms with Crippen LogP contribution in [-0.4, -0.2) is 25.7 Å². The molecule has 1 fully saturated rings. The van der Waals surface area contributed by atoms with Gasteiger partial charge in [0.2, 0.25) is 5.91 Å². The predicted octanol–water partition coefficient (Wildman–Crippen LogP) is 3.41. The van der Waals surface area contributed by atoms with Gasteiger partial charge in [0.15, 0.2) is 0 Å². The highest BCUT2D eigenvalue weighted by Crippen LogP contribution is 2.51. The van der Waals surface area contributed by atoms with E-state index in [2.05, 4.69) is 24.4 Å². The number of hydrogen-bond donors (Lipinski definition) is 1. The van der Waals surface area contributed by atoms with Gasteiger partial charge in [-0.15, -0.1) is 0 Å². The number of hydrogen-bond acceptors (Lipinski definition) is 3. The van der Waals surface area contributed by atoms with Gasteiger partial charge >= 0.3 is 0 Å². The smallest absolute Gasteiger partial charge is 0.231 e. The number of methoxy groups -OCH3 is 1. The van der Waals surface area contributed by atoms with Gasteiger partial charge in [-0.05, 0) is 49.4 Å². The Kier molecular flexibility index (Phi) is 4.35. The molecular weight excluding hydrogens is 326 g/mol. The minimum Gasteiger partial charge on any atom is -0.496 e. The molecule has 1 heterocycles. The Balaban J connectivity index is 1.44. The van der Waals surface area contributed by atoms with E-state index in [9.17, 15) is 4.79 Å². The summed E-state index contributed by atoms with van der Waals surface area (Å²) in [5, 5.41) is 3.22. The van der Waals surface area contributed by atoms with Crippen LogP contribution in [0.3, 0.4) is 0 Å². The van der Waals surface area contributed by atoms with Gasteiger partial charge in [0.1, 0.15) is 11.5 Å². The number of amides is 1. The summed E-state index contributed by atoms with van der Waals surface area (Å²) in [5.41, 5.74) is 3.09. The van der Waals surface area contributed by atoms with Crippen molar-refractivity contribution in [1.82, 2.24) is 5.32 Å². The van der Waals surface area contributed by atoms with E-state index in [-0.39, 0.29) is 11.9 Å². The summed E-state index contributed by atoms with van der Waals surface area (Å²) in [6.45, 7) is 2.84. The number of fused-ring (bicyclic) bond motifs is 1. The molecule has 0 aromatic heterocycles. The van der Waals surface area contributed by atoms with Crippen LogP contribution in [0.1, 0.15) is 36.5 Å². The zero-order chi connectivity index (χ0) is 18.1. The molecule has 0 spiro atoms. The minimum atomic E-state index is -0.424. The summed E-state index contributed by atoms with van der Waals surface area (Å²) < 4.78 is 11.0. The second-order valence-corrected chi connectivity index (χ2v) is 7.40. The molecule has 0 radical (unpaired) electrons. The lowest BCUT2D eigenvalue weighted by molar-refractivity contribution is -0.124. The van der Waals surface area contributed by atoms with E-state index in [1.807, 2.05) is 30.3 Å². The SMILES string of the molecule is COc1ccccc1C1(C(=O)N[C@@H](C)Cc2ccc3c(c2)CCO3)CC1. The first-order valence-corrected chi connectivity index (χ1v) is 9.31. The quantitative estimate of drug-likeness (QED) is 0.868. The molecule has 1 aliphatic carbocycles. The molecule has 4 heteroatoms. The first kappa shape index (κ1) is 17.0. The molecule has 136 valence electrons. The fourth-order valence-corrected chi connectivity index (χ4v) is 3.92. The van der Waals surface area contributed by atoms with E-state index in [1.165, 1.54) is 11.1 Å². The Labute approximate surface area is 154 Å². The third-order valence-electron chi connectivity index (χ3n) is 5.48. The van der Waals surface area contributed by atoms with E-state index < -0.39 is 5.41 Å². The molecule has 1 atom stereocenters. The minimum absolute atomic E-state index is 0.0788. The van der Waals surface area contributed by atoms with Crippen molar-refractivity contribution in [3.63, 3.8) is 0 Å². The molecule has 1 saturated carbocycles.